The Morgan fingerprint density at radius 1 is 1.11 bits per heavy atom. The van der Waals surface area contributed by atoms with Gasteiger partial charge in [0.2, 0.25) is 11.8 Å². The fourth-order valence-corrected chi connectivity index (χ4v) is 4.13. The van der Waals surface area contributed by atoms with Crippen molar-refractivity contribution in [3.05, 3.63) is 60.2 Å². The number of fused-ring (bicyclic) bond motifs is 2. The second-order valence-electron chi connectivity index (χ2n) is 8.19. The summed E-state index contributed by atoms with van der Waals surface area (Å²) in [6, 6.07) is 16.9. The molecule has 5 rings (SSSR count). The molecule has 1 N–H and O–H groups in total. The van der Waals surface area contributed by atoms with Crippen LogP contribution in [0, 0.1) is 5.41 Å². The number of phenols is 1. The summed E-state index contributed by atoms with van der Waals surface area (Å²) in [4.78, 5) is 9.29. The van der Waals surface area contributed by atoms with Gasteiger partial charge in [0.1, 0.15) is 23.1 Å². The minimum Gasteiger partial charge on any atom is -0.506 e. The highest BCUT2D eigenvalue weighted by atomic mass is 16.5. The largest absolute Gasteiger partial charge is 0.506 e. The third-order valence-corrected chi connectivity index (χ3v) is 5.72. The second-order valence-corrected chi connectivity index (χ2v) is 8.19. The first-order chi connectivity index (χ1) is 13.5. The van der Waals surface area contributed by atoms with Crippen molar-refractivity contribution in [1.82, 2.24) is 4.98 Å². The van der Waals surface area contributed by atoms with E-state index in [0.29, 0.717) is 23.0 Å². The molecule has 2 aromatic carbocycles. The SMILES string of the molecule is CC1(C)CC[C@@H]2OC(c3cccc(Oc4ccc5cccc(O)c5n4)c3)=N[C@H]21. The standard InChI is InChI=1S/C23H22N2O3/c1-23(2)12-11-18-21(23)25-22(28-18)15-6-3-7-16(13-15)27-19-10-9-14-5-4-8-17(26)20(14)24-19/h3-10,13,18,21,26H,11-12H2,1-2H3/t18-,21+/m0/s1. The number of aliphatic imine (C=N–C) groups is 1. The highest BCUT2D eigenvalue weighted by Gasteiger charge is 2.47. The van der Waals surface area contributed by atoms with Crippen molar-refractivity contribution in [2.45, 2.75) is 38.8 Å². The van der Waals surface area contributed by atoms with Crippen LogP contribution in [-0.4, -0.2) is 28.1 Å². The van der Waals surface area contributed by atoms with E-state index in [0.717, 1.165) is 23.8 Å². The van der Waals surface area contributed by atoms with Gasteiger partial charge in [-0.2, -0.15) is 0 Å². The number of aromatic hydroxyl groups is 1. The lowest BCUT2D eigenvalue weighted by atomic mass is 9.87. The van der Waals surface area contributed by atoms with Gasteiger partial charge in [0.15, 0.2) is 0 Å². The van der Waals surface area contributed by atoms with Crippen LogP contribution in [0.3, 0.4) is 0 Å². The topological polar surface area (TPSA) is 63.9 Å². The zero-order valence-corrected chi connectivity index (χ0v) is 15.9. The maximum atomic E-state index is 10.0. The summed E-state index contributed by atoms with van der Waals surface area (Å²) < 4.78 is 12.1. The van der Waals surface area contributed by atoms with E-state index in [-0.39, 0.29) is 23.3 Å². The molecule has 0 amide bonds. The Labute approximate surface area is 163 Å². The number of ether oxygens (including phenoxy) is 2. The molecule has 28 heavy (non-hydrogen) atoms. The molecule has 1 saturated carbocycles. The van der Waals surface area contributed by atoms with Crippen molar-refractivity contribution in [3.63, 3.8) is 0 Å². The molecule has 2 aliphatic rings. The molecule has 5 heteroatoms. The van der Waals surface area contributed by atoms with Crippen LogP contribution in [0.15, 0.2) is 59.6 Å². The molecule has 0 radical (unpaired) electrons. The number of aromatic nitrogens is 1. The number of para-hydroxylation sites is 1. The van der Waals surface area contributed by atoms with E-state index in [4.69, 9.17) is 14.5 Å². The number of benzene rings is 2. The van der Waals surface area contributed by atoms with Crippen LogP contribution in [0.5, 0.6) is 17.4 Å². The maximum absolute atomic E-state index is 10.0. The minimum atomic E-state index is 0.138. The van der Waals surface area contributed by atoms with E-state index in [1.54, 1.807) is 18.2 Å². The lowest BCUT2D eigenvalue weighted by Gasteiger charge is -2.21. The second kappa shape index (κ2) is 6.23. The highest BCUT2D eigenvalue weighted by molar-refractivity contribution is 5.96. The van der Waals surface area contributed by atoms with Crippen LogP contribution in [-0.2, 0) is 4.74 Å². The molecule has 2 heterocycles. The van der Waals surface area contributed by atoms with Crippen molar-refractivity contribution in [2.75, 3.05) is 0 Å². The minimum absolute atomic E-state index is 0.138. The van der Waals surface area contributed by atoms with E-state index in [9.17, 15) is 5.11 Å². The Morgan fingerprint density at radius 2 is 1.96 bits per heavy atom. The molecule has 0 saturated heterocycles. The molecule has 3 aromatic rings. The number of hydrogen-bond acceptors (Lipinski definition) is 5. The van der Waals surface area contributed by atoms with Gasteiger partial charge in [-0.1, -0.05) is 32.0 Å². The van der Waals surface area contributed by atoms with Gasteiger partial charge in [-0.05, 0) is 48.6 Å². The summed E-state index contributed by atoms with van der Waals surface area (Å²) in [6.07, 6.45) is 2.37. The summed E-state index contributed by atoms with van der Waals surface area (Å²) in [7, 11) is 0. The summed E-state index contributed by atoms with van der Waals surface area (Å²) >= 11 is 0. The van der Waals surface area contributed by atoms with Gasteiger partial charge in [-0.25, -0.2) is 9.98 Å². The van der Waals surface area contributed by atoms with Crippen molar-refractivity contribution in [2.24, 2.45) is 10.4 Å². The molecular formula is C23H22N2O3. The number of rotatable bonds is 3. The van der Waals surface area contributed by atoms with E-state index < -0.39 is 0 Å². The van der Waals surface area contributed by atoms with Crippen LogP contribution in [0.4, 0.5) is 0 Å². The molecule has 0 spiro atoms. The lowest BCUT2D eigenvalue weighted by molar-refractivity contribution is 0.191. The van der Waals surface area contributed by atoms with Crippen LogP contribution in [0.25, 0.3) is 10.9 Å². The summed E-state index contributed by atoms with van der Waals surface area (Å²) in [5, 5.41) is 10.9. The van der Waals surface area contributed by atoms with Crippen LogP contribution < -0.4 is 4.74 Å². The van der Waals surface area contributed by atoms with Crippen LogP contribution in [0.1, 0.15) is 32.3 Å². The molecule has 0 bridgehead atoms. The smallest absolute Gasteiger partial charge is 0.219 e. The van der Waals surface area contributed by atoms with Gasteiger partial charge in [-0.3, -0.25) is 0 Å². The van der Waals surface area contributed by atoms with Gasteiger partial charge in [0.25, 0.3) is 0 Å². The first-order valence-electron chi connectivity index (χ1n) is 9.61. The quantitative estimate of drug-likeness (QED) is 0.695. The zero-order chi connectivity index (χ0) is 19.3. The number of nitrogens with zero attached hydrogens (tertiary/aromatic N) is 2. The molecule has 142 valence electrons. The average Bonchev–Trinajstić information content (AvgIpc) is 3.24. The van der Waals surface area contributed by atoms with E-state index in [1.807, 2.05) is 36.4 Å². The predicted octanol–water partition coefficient (Wildman–Crippen LogP) is 5.07. The Kier molecular flexibility index (Phi) is 3.79. The Balaban J connectivity index is 1.42. The van der Waals surface area contributed by atoms with E-state index in [1.165, 1.54) is 0 Å². The van der Waals surface area contributed by atoms with Crippen molar-refractivity contribution < 1.29 is 14.6 Å². The van der Waals surface area contributed by atoms with Gasteiger partial charge < -0.3 is 14.6 Å². The summed E-state index contributed by atoms with van der Waals surface area (Å²) in [6.45, 7) is 4.52. The fraction of sp³-hybridized carbons (Fsp3) is 0.304. The van der Waals surface area contributed by atoms with E-state index >= 15 is 0 Å². The molecule has 1 aliphatic heterocycles. The first kappa shape index (κ1) is 17.0. The average molecular weight is 374 g/mol. The van der Waals surface area contributed by atoms with Crippen LogP contribution >= 0.6 is 0 Å². The Morgan fingerprint density at radius 3 is 2.82 bits per heavy atom. The van der Waals surface area contributed by atoms with Gasteiger partial charge in [0.05, 0.1) is 6.04 Å². The molecule has 5 nitrogen and oxygen atoms in total. The lowest BCUT2D eigenvalue weighted by Crippen LogP contribution is -2.26. The van der Waals surface area contributed by atoms with E-state index in [2.05, 4.69) is 18.8 Å². The highest BCUT2D eigenvalue weighted by Crippen LogP contribution is 2.44. The Hall–Kier alpha value is -3.08. The molecule has 1 fully saturated rings. The Bertz CT molecular complexity index is 1090. The molecule has 1 aliphatic carbocycles. The van der Waals surface area contributed by atoms with Crippen molar-refractivity contribution in [1.29, 1.82) is 0 Å². The van der Waals surface area contributed by atoms with Gasteiger partial charge in [-0.15, -0.1) is 0 Å². The molecule has 0 unspecified atom stereocenters. The maximum Gasteiger partial charge on any atom is 0.219 e. The van der Waals surface area contributed by atoms with Crippen molar-refractivity contribution >= 4 is 16.8 Å². The van der Waals surface area contributed by atoms with Gasteiger partial charge >= 0.3 is 0 Å². The molecule has 2 atom stereocenters. The zero-order valence-electron chi connectivity index (χ0n) is 15.9. The predicted molar refractivity (Wildman–Crippen MR) is 108 cm³/mol. The molecular weight excluding hydrogens is 352 g/mol. The number of hydrogen-bond donors (Lipinski definition) is 1. The summed E-state index contributed by atoms with van der Waals surface area (Å²) in [5.74, 6) is 1.91. The summed E-state index contributed by atoms with van der Waals surface area (Å²) in [5.41, 5.74) is 1.61. The van der Waals surface area contributed by atoms with Gasteiger partial charge in [0, 0.05) is 17.0 Å². The number of pyridine rings is 1. The normalized spacial score (nSPS) is 22.6. The third-order valence-electron chi connectivity index (χ3n) is 5.72. The molecule has 1 aromatic heterocycles. The third kappa shape index (κ3) is 2.87. The number of phenolic OH excluding ortho intramolecular Hbond substituents is 1. The monoisotopic (exact) mass is 374 g/mol. The first-order valence-corrected chi connectivity index (χ1v) is 9.61. The van der Waals surface area contributed by atoms with Crippen molar-refractivity contribution in [3.8, 4) is 17.4 Å². The van der Waals surface area contributed by atoms with Crippen LogP contribution in [0.2, 0.25) is 0 Å². The fourth-order valence-electron chi connectivity index (χ4n) is 4.13.